The standard InChI is InChI=1S/C9H21NO3S/c1-3-4-5-6-14(12,13)8-9(11)7-10-2/h9-11H,3-8H2,1-2H3. The molecule has 1 atom stereocenters. The van der Waals surface area contributed by atoms with Crippen molar-refractivity contribution in [2.24, 2.45) is 0 Å². The molecule has 0 spiro atoms. The first-order valence-electron chi connectivity index (χ1n) is 5.05. The Hall–Kier alpha value is -0.130. The highest BCUT2D eigenvalue weighted by molar-refractivity contribution is 7.91. The second kappa shape index (κ2) is 7.20. The Labute approximate surface area is 86.6 Å². The number of hydrogen-bond donors (Lipinski definition) is 2. The van der Waals surface area contributed by atoms with Crippen LogP contribution in [0.2, 0.25) is 0 Å². The molecule has 0 aromatic carbocycles. The van der Waals surface area contributed by atoms with Gasteiger partial charge in [0.25, 0.3) is 0 Å². The summed E-state index contributed by atoms with van der Waals surface area (Å²) in [4.78, 5) is 0. The molecule has 0 radical (unpaired) electrons. The summed E-state index contributed by atoms with van der Waals surface area (Å²) < 4.78 is 22.8. The Morgan fingerprint density at radius 1 is 1.36 bits per heavy atom. The summed E-state index contributed by atoms with van der Waals surface area (Å²) in [5.74, 6) is 0.0686. The van der Waals surface area contributed by atoms with E-state index in [1.165, 1.54) is 0 Å². The minimum absolute atomic E-state index is 0.127. The van der Waals surface area contributed by atoms with Crippen LogP contribution in [0.1, 0.15) is 26.2 Å². The molecule has 0 bridgehead atoms. The summed E-state index contributed by atoms with van der Waals surface area (Å²) in [6.07, 6.45) is 1.85. The third kappa shape index (κ3) is 7.29. The molecule has 0 fully saturated rings. The Bertz CT molecular complexity index is 226. The van der Waals surface area contributed by atoms with Crippen LogP contribution in [0.15, 0.2) is 0 Å². The molecule has 0 aliphatic rings. The molecule has 86 valence electrons. The second-order valence-corrected chi connectivity index (χ2v) is 5.76. The van der Waals surface area contributed by atoms with Gasteiger partial charge in [-0.15, -0.1) is 0 Å². The van der Waals surface area contributed by atoms with Gasteiger partial charge in [0.15, 0.2) is 9.84 Å². The maximum absolute atomic E-state index is 11.4. The molecule has 2 N–H and O–H groups in total. The second-order valence-electron chi connectivity index (χ2n) is 3.53. The molecule has 0 saturated heterocycles. The van der Waals surface area contributed by atoms with E-state index < -0.39 is 15.9 Å². The monoisotopic (exact) mass is 223 g/mol. The average Bonchev–Trinajstić information content (AvgIpc) is 2.03. The zero-order valence-electron chi connectivity index (χ0n) is 8.99. The summed E-state index contributed by atoms with van der Waals surface area (Å²) in [6, 6.07) is 0. The van der Waals surface area contributed by atoms with Crippen LogP contribution in [0.3, 0.4) is 0 Å². The first kappa shape index (κ1) is 13.9. The van der Waals surface area contributed by atoms with Crippen molar-refractivity contribution < 1.29 is 13.5 Å². The number of likely N-dealkylation sites (N-methyl/N-ethyl adjacent to an activating group) is 1. The molecule has 0 saturated carbocycles. The summed E-state index contributed by atoms with van der Waals surface area (Å²) in [5, 5.41) is 12.0. The van der Waals surface area contributed by atoms with Crippen LogP contribution >= 0.6 is 0 Å². The molecule has 1 unspecified atom stereocenters. The van der Waals surface area contributed by atoms with E-state index in [-0.39, 0.29) is 11.5 Å². The van der Waals surface area contributed by atoms with Gasteiger partial charge < -0.3 is 10.4 Å². The normalized spacial score (nSPS) is 14.2. The molecule has 4 nitrogen and oxygen atoms in total. The van der Waals surface area contributed by atoms with Gasteiger partial charge in [-0.3, -0.25) is 0 Å². The Balaban J connectivity index is 3.82. The first-order chi connectivity index (χ1) is 6.52. The smallest absolute Gasteiger partial charge is 0.152 e. The molecular weight excluding hydrogens is 202 g/mol. The number of aliphatic hydroxyl groups is 1. The minimum atomic E-state index is -3.07. The number of sulfone groups is 1. The molecule has 0 aromatic rings. The third-order valence-electron chi connectivity index (χ3n) is 1.94. The lowest BCUT2D eigenvalue weighted by Gasteiger charge is -2.10. The van der Waals surface area contributed by atoms with Crippen LogP contribution in [0.4, 0.5) is 0 Å². The molecular formula is C9H21NO3S. The molecule has 14 heavy (non-hydrogen) atoms. The third-order valence-corrected chi connectivity index (χ3v) is 3.75. The van der Waals surface area contributed by atoms with Crippen molar-refractivity contribution in [1.29, 1.82) is 0 Å². The van der Waals surface area contributed by atoms with Crippen molar-refractivity contribution in [1.82, 2.24) is 5.32 Å². The lowest BCUT2D eigenvalue weighted by atomic mass is 10.3. The van der Waals surface area contributed by atoms with Gasteiger partial charge >= 0.3 is 0 Å². The fraction of sp³-hybridized carbons (Fsp3) is 1.00. The van der Waals surface area contributed by atoms with Crippen molar-refractivity contribution >= 4 is 9.84 Å². The quantitative estimate of drug-likeness (QED) is 0.576. The van der Waals surface area contributed by atoms with E-state index in [2.05, 4.69) is 5.32 Å². The number of nitrogens with one attached hydrogen (secondary N) is 1. The van der Waals surface area contributed by atoms with Gasteiger partial charge in [0.1, 0.15) is 0 Å². The van der Waals surface area contributed by atoms with Gasteiger partial charge in [0.05, 0.1) is 17.6 Å². The lowest BCUT2D eigenvalue weighted by Crippen LogP contribution is -2.31. The zero-order valence-corrected chi connectivity index (χ0v) is 9.81. The van der Waals surface area contributed by atoms with E-state index in [0.29, 0.717) is 13.0 Å². The largest absolute Gasteiger partial charge is 0.391 e. The predicted octanol–water partition coefficient (Wildman–Crippen LogP) is 0.172. The van der Waals surface area contributed by atoms with E-state index in [1.54, 1.807) is 7.05 Å². The molecule has 5 heteroatoms. The number of hydrogen-bond acceptors (Lipinski definition) is 4. The van der Waals surface area contributed by atoms with Crippen LogP contribution in [-0.4, -0.2) is 44.7 Å². The topological polar surface area (TPSA) is 66.4 Å². The van der Waals surface area contributed by atoms with Crippen molar-refractivity contribution in [3.63, 3.8) is 0 Å². The summed E-state index contributed by atoms with van der Waals surface area (Å²) in [6.45, 7) is 2.36. The highest BCUT2D eigenvalue weighted by Gasteiger charge is 2.15. The molecule has 0 aromatic heterocycles. The molecule has 0 aliphatic heterocycles. The fourth-order valence-corrected chi connectivity index (χ4v) is 2.76. The predicted molar refractivity (Wildman–Crippen MR) is 58.1 cm³/mol. The SMILES string of the molecule is CCCCCS(=O)(=O)CC(O)CNC. The Morgan fingerprint density at radius 3 is 2.50 bits per heavy atom. The van der Waals surface area contributed by atoms with E-state index in [4.69, 9.17) is 0 Å². The molecule has 0 amide bonds. The van der Waals surface area contributed by atoms with Crippen molar-refractivity contribution in [2.45, 2.75) is 32.3 Å². The van der Waals surface area contributed by atoms with E-state index in [0.717, 1.165) is 12.8 Å². The maximum atomic E-state index is 11.4. The first-order valence-corrected chi connectivity index (χ1v) is 6.87. The van der Waals surface area contributed by atoms with Crippen LogP contribution in [0.25, 0.3) is 0 Å². The van der Waals surface area contributed by atoms with Gasteiger partial charge in [0, 0.05) is 6.54 Å². The van der Waals surface area contributed by atoms with Crippen LogP contribution in [-0.2, 0) is 9.84 Å². The van der Waals surface area contributed by atoms with E-state index >= 15 is 0 Å². The summed E-state index contributed by atoms with van der Waals surface area (Å²) in [5.41, 5.74) is 0. The van der Waals surface area contributed by atoms with E-state index in [1.807, 2.05) is 6.92 Å². The Morgan fingerprint density at radius 2 is 2.00 bits per heavy atom. The molecule has 0 aliphatic carbocycles. The van der Waals surface area contributed by atoms with Crippen LogP contribution in [0.5, 0.6) is 0 Å². The fourth-order valence-electron chi connectivity index (χ4n) is 1.24. The van der Waals surface area contributed by atoms with Gasteiger partial charge in [-0.25, -0.2) is 8.42 Å². The molecule has 0 rings (SSSR count). The molecule has 0 heterocycles. The lowest BCUT2D eigenvalue weighted by molar-refractivity contribution is 0.196. The summed E-state index contributed by atoms with van der Waals surface area (Å²) in [7, 11) is -1.38. The van der Waals surface area contributed by atoms with Crippen LogP contribution in [0, 0.1) is 0 Å². The highest BCUT2D eigenvalue weighted by Crippen LogP contribution is 2.01. The Kier molecular flexibility index (Phi) is 7.13. The number of unbranched alkanes of at least 4 members (excludes halogenated alkanes) is 2. The number of aliphatic hydroxyl groups excluding tert-OH is 1. The van der Waals surface area contributed by atoms with Crippen molar-refractivity contribution in [3.05, 3.63) is 0 Å². The van der Waals surface area contributed by atoms with E-state index in [9.17, 15) is 13.5 Å². The van der Waals surface area contributed by atoms with Gasteiger partial charge in [0.2, 0.25) is 0 Å². The number of rotatable bonds is 8. The van der Waals surface area contributed by atoms with Gasteiger partial charge in [-0.1, -0.05) is 19.8 Å². The van der Waals surface area contributed by atoms with Crippen molar-refractivity contribution in [3.8, 4) is 0 Å². The summed E-state index contributed by atoms with van der Waals surface area (Å²) >= 11 is 0. The highest BCUT2D eigenvalue weighted by atomic mass is 32.2. The van der Waals surface area contributed by atoms with Crippen molar-refractivity contribution in [2.75, 3.05) is 25.1 Å². The minimum Gasteiger partial charge on any atom is -0.391 e. The zero-order chi connectivity index (χ0) is 11.0. The maximum Gasteiger partial charge on any atom is 0.152 e. The average molecular weight is 223 g/mol. The van der Waals surface area contributed by atoms with Crippen LogP contribution < -0.4 is 5.32 Å². The van der Waals surface area contributed by atoms with Gasteiger partial charge in [-0.2, -0.15) is 0 Å². The van der Waals surface area contributed by atoms with Gasteiger partial charge in [-0.05, 0) is 13.5 Å².